The Kier molecular flexibility index (Phi) is 8.33. The quantitative estimate of drug-likeness (QED) is 0.0907. The molecule has 0 atom stereocenters. The Bertz CT molecular complexity index is 1920. The van der Waals surface area contributed by atoms with Gasteiger partial charge in [-0.3, -0.25) is 9.52 Å². The second-order valence-corrected chi connectivity index (χ2v) is 11.4. The van der Waals surface area contributed by atoms with Gasteiger partial charge in [0.25, 0.3) is 15.9 Å². The molecule has 10 heteroatoms. The van der Waals surface area contributed by atoms with Crippen LogP contribution in [0.25, 0.3) is 10.8 Å². The molecule has 42 heavy (non-hydrogen) atoms. The van der Waals surface area contributed by atoms with Crippen molar-refractivity contribution in [3.8, 4) is 5.75 Å². The van der Waals surface area contributed by atoms with Gasteiger partial charge in [-0.25, -0.2) is 18.6 Å². The van der Waals surface area contributed by atoms with Crippen molar-refractivity contribution in [2.45, 2.75) is 11.8 Å². The van der Waals surface area contributed by atoms with Crippen molar-refractivity contribution in [2.75, 3.05) is 4.72 Å². The fraction of sp³-hybridized carbons (Fsp3) is 0.0312. The molecule has 0 aromatic heterocycles. The zero-order valence-corrected chi connectivity index (χ0v) is 23.8. The number of rotatable bonds is 8. The minimum absolute atomic E-state index is 0.0559. The third kappa shape index (κ3) is 6.65. The lowest BCUT2D eigenvalue weighted by Crippen LogP contribution is -2.18. The Balaban J connectivity index is 1.31. The van der Waals surface area contributed by atoms with Crippen LogP contribution >= 0.6 is 11.6 Å². The van der Waals surface area contributed by atoms with Crippen LogP contribution in [-0.2, 0) is 10.0 Å². The van der Waals surface area contributed by atoms with Crippen molar-refractivity contribution in [2.24, 2.45) is 5.10 Å². The second-order valence-electron chi connectivity index (χ2n) is 9.29. The van der Waals surface area contributed by atoms with Crippen molar-refractivity contribution in [1.29, 1.82) is 0 Å². The maximum Gasteiger partial charge on any atom is 0.343 e. The summed E-state index contributed by atoms with van der Waals surface area (Å²) in [4.78, 5) is 25.7. The first-order valence-electron chi connectivity index (χ1n) is 12.7. The first kappa shape index (κ1) is 28.5. The summed E-state index contributed by atoms with van der Waals surface area (Å²) in [5.74, 6) is -0.744. The Morgan fingerprint density at radius 3 is 2.31 bits per heavy atom. The highest BCUT2D eigenvalue weighted by Gasteiger charge is 2.16. The summed E-state index contributed by atoms with van der Waals surface area (Å²) in [6.07, 6.45) is 1.42. The van der Waals surface area contributed by atoms with Crippen LogP contribution in [-0.4, -0.2) is 26.5 Å². The number of benzene rings is 5. The zero-order valence-electron chi connectivity index (χ0n) is 22.2. The number of ether oxygens (including phenoxy) is 1. The van der Waals surface area contributed by atoms with E-state index in [0.717, 1.165) is 16.3 Å². The van der Waals surface area contributed by atoms with Crippen molar-refractivity contribution in [3.63, 3.8) is 0 Å². The molecule has 0 heterocycles. The van der Waals surface area contributed by atoms with Crippen molar-refractivity contribution >= 4 is 56.2 Å². The molecule has 8 nitrogen and oxygen atoms in total. The lowest BCUT2D eigenvalue weighted by molar-refractivity contribution is 0.0734. The maximum atomic E-state index is 12.8. The Morgan fingerprint density at radius 2 is 1.57 bits per heavy atom. The minimum Gasteiger partial charge on any atom is -0.422 e. The summed E-state index contributed by atoms with van der Waals surface area (Å²) >= 11 is 5.84. The molecule has 5 rings (SSSR count). The monoisotopic (exact) mass is 597 g/mol. The van der Waals surface area contributed by atoms with Crippen LogP contribution in [0.2, 0.25) is 5.02 Å². The summed E-state index contributed by atoms with van der Waals surface area (Å²) < 4.78 is 33.4. The van der Waals surface area contributed by atoms with Crippen LogP contribution in [0.4, 0.5) is 5.69 Å². The number of aryl methyl sites for hydroxylation is 1. The van der Waals surface area contributed by atoms with Gasteiger partial charge < -0.3 is 4.74 Å². The van der Waals surface area contributed by atoms with E-state index < -0.39 is 21.9 Å². The van der Waals surface area contributed by atoms with E-state index >= 15 is 0 Å². The predicted molar refractivity (Wildman–Crippen MR) is 164 cm³/mol. The molecule has 0 aliphatic heterocycles. The zero-order chi connectivity index (χ0) is 29.7. The summed E-state index contributed by atoms with van der Waals surface area (Å²) in [5, 5.41) is 6.22. The van der Waals surface area contributed by atoms with Gasteiger partial charge in [0.1, 0.15) is 5.75 Å². The number of halogens is 1. The normalized spacial score (nSPS) is 11.4. The van der Waals surface area contributed by atoms with Gasteiger partial charge in [0, 0.05) is 21.8 Å². The number of fused-ring (bicyclic) bond motifs is 1. The third-order valence-electron chi connectivity index (χ3n) is 6.27. The van der Waals surface area contributed by atoms with Crippen molar-refractivity contribution in [3.05, 3.63) is 136 Å². The number of hydrazone groups is 1. The van der Waals surface area contributed by atoms with Gasteiger partial charge in [0.2, 0.25) is 0 Å². The van der Waals surface area contributed by atoms with E-state index in [1.807, 2.05) is 43.3 Å². The molecule has 0 bridgehead atoms. The van der Waals surface area contributed by atoms with Gasteiger partial charge in [-0.15, -0.1) is 0 Å². The number of hydrogen-bond donors (Lipinski definition) is 2. The number of carbonyl (C=O) groups excluding carboxylic acids is 2. The fourth-order valence-corrected chi connectivity index (χ4v) is 5.35. The second kappa shape index (κ2) is 12.3. The number of sulfonamides is 1. The van der Waals surface area contributed by atoms with Gasteiger partial charge in [0.15, 0.2) is 0 Å². The molecular weight excluding hydrogens is 574 g/mol. The van der Waals surface area contributed by atoms with Gasteiger partial charge in [-0.1, -0.05) is 59.6 Å². The number of amides is 1. The van der Waals surface area contributed by atoms with Gasteiger partial charge in [0.05, 0.1) is 16.7 Å². The van der Waals surface area contributed by atoms with Crippen molar-refractivity contribution < 1.29 is 22.7 Å². The van der Waals surface area contributed by atoms with E-state index in [0.29, 0.717) is 16.1 Å². The highest BCUT2D eigenvalue weighted by atomic mass is 35.5. The number of carbonyl (C=O) groups is 2. The fourth-order valence-electron chi connectivity index (χ4n) is 4.17. The van der Waals surface area contributed by atoms with Gasteiger partial charge in [-0.2, -0.15) is 5.10 Å². The van der Waals surface area contributed by atoms with Crippen LogP contribution in [0.15, 0.2) is 119 Å². The van der Waals surface area contributed by atoms with E-state index in [4.69, 9.17) is 16.3 Å². The van der Waals surface area contributed by atoms with Crippen LogP contribution in [0.3, 0.4) is 0 Å². The summed E-state index contributed by atoms with van der Waals surface area (Å²) in [6, 6.07) is 29.8. The number of esters is 1. The predicted octanol–water partition coefficient (Wildman–Crippen LogP) is 6.59. The smallest absolute Gasteiger partial charge is 0.343 e. The molecule has 210 valence electrons. The molecule has 0 saturated heterocycles. The molecule has 5 aromatic carbocycles. The van der Waals surface area contributed by atoms with Crippen LogP contribution in [0.1, 0.15) is 31.8 Å². The molecule has 0 unspecified atom stereocenters. The lowest BCUT2D eigenvalue weighted by Gasteiger charge is -2.11. The van der Waals surface area contributed by atoms with Gasteiger partial charge in [-0.05, 0) is 84.4 Å². The van der Waals surface area contributed by atoms with E-state index in [9.17, 15) is 18.0 Å². The molecular formula is C32H24ClN3O5S. The molecule has 0 saturated carbocycles. The van der Waals surface area contributed by atoms with E-state index in [1.165, 1.54) is 54.7 Å². The Hall–Kier alpha value is -4.99. The molecule has 0 fully saturated rings. The number of nitrogens with one attached hydrogen (secondary N) is 2. The molecule has 0 aliphatic rings. The lowest BCUT2D eigenvalue weighted by atomic mass is 10.0. The molecule has 1 amide bonds. The van der Waals surface area contributed by atoms with Crippen LogP contribution in [0, 0.1) is 6.92 Å². The van der Waals surface area contributed by atoms with E-state index in [2.05, 4.69) is 15.2 Å². The van der Waals surface area contributed by atoms with Crippen LogP contribution < -0.4 is 14.9 Å². The topological polar surface area (TPSA) is 114 Å². The first-order chi connectivity index (χ1) is 20.2. The Labute approximate surface area is 247 Å². The number of hydrogen-bond acceptors (Lipinski definition) is 6. The molecule has 2 N–H and O–H groups in total. The SMILES string of the molecule is Cc1cccc(C(=O)Oc2ccc3ccccc3c2/C=N\NC(=O)c2ccc(NS(=O)(=O)c3ccc(Cl)cc3)cc2)c1. The minimum atomic E-state index is -3.83. The standard InChI is InChI=1S/C32H24ClN3O5S/c1-21-5-4-7-24(19-21)32(38)41-30-18-11-22-6-2-3-8-28(22)29(30)20-34-35-31(37)23-9-14-26(15-10-23)36-42(39,40)27-16-12-25(33)13-17-27/h2-20,36H,1H3,(H,35,37)/b34-20-. The first-order valence-corrected chi connectivity index (χ1v) is 14.6. The summed E-state index contributed by atoms with van der Waals surface area (Å²) in [5.41, 5.74) is 4.86. The summed E-state index contributed by atoms with van der Waals surface area (Å²) in [7, 11) is -3.83. The number of nitrogens with zero attached hydrogens (tertiary/aromatic N) is 1. The molecule has 0 radical (unpaired) electrons. The third-order valence-corrected chi connectivity index (χ3v) is 7.92. The average molecular weight is 598 g/mol. The maximum absolute atomic E-state index is 12.8. The molecule has 0 spiro atoms. The molecule has 5 aromatic rings. The Morgan fingerprint density at radius 1 is 0.833 bits per heavy atom. The van der Waals surface area contributed by atoms with Crippen LogP contribution in [0.5, 0.6) is 5.75 Å². The van der Waals surface area contributed by atoms with Gasteiger partial charge >= 0.3 is 5.97 Å². The average Bonchev–Trinajstić information content (AvgIpc) is 2.98. The number of anilines is 1. The van der Waals surface area contributed by atoms with Crippen molar-refractivity contribution in [1.82, 2.24) is 5.43 Å². The molecule has 0 aliphatic carbocycles. The summed E-state index contributed by atoms with van der Waals surface area (Å²) in [6.45, 7) is 1.89. The van der Waals surface area contributed by atoms with E-state index in [1.54, 1.807) is 24.3 Å². The van der Waals surface area contributed by atoms with E-state index in [-0.39, 0.29) is 21.9 Å². The highest BCUT2D eigenvalue weighted by Crippen LogP contribution is 2.27. The largest absolute Gasteiger partial charge is 0.422 e. The highest BCUT2D eigenvalue weighted by molar-refractivity contribution is 7.92.